The minimum absolute atomic E-state index is 0.0659. The first-order chi connectivity index (χ1) is 19.6. The predicted octanol–water partition coefficient (Wildman–Crippen LogP) is 4.51. The number of nitrogens with one attached hydrogen (secondary N) is 1. The Hall–Kier alpha value is -4.03. The van der Waals surface area contributed by atoms with Crippen LogP contribution < -0.4 is 21.7 Å². The molecular weight excluding hydrogens is 546 g/mol. The number of hydrogen-bond donors (Lipinski definition) is 5. The van der Waals surface area contributed by atoms with Crippen LogP contribution >= 0.6 is 12.2 Å². The van der Waals surface area contributed by atoms with Crippen LogP contribution in [0.5, 0.6) is 11.5 Å². The number of aromatic carboxylic acids is 1. The molecule has 0 bridgehead atoms. The topological polar surface area (TPSA) is 166 Å². The minimum atomic E-state index is -0.991. The molecule has 11 heteroatoms. The zero-order valence-corrected chi connectivity index (χ0v) is 23.8. The van der Waals surface area contributed by atoms with E-state index >= 15 is 0 Å². The number of aromatic hydroxyl groups is 1. The van der Waals surface area contributed by atoms with Crippen molar-refractivity contribution in [3.63, 3.8) is 0 Å². The Balaban J connectivity index is 0.000000850. The first kappa shape index (κ1) is 31.5. The SMILES string of the molecule is CC(=O)c1ccc(OCc2ccc(C(OC3CCCCO3)c3cccc(C(=O)O)c3)cc2)c(C)c1O.NNC(N)=S. The summed E-state index contributed by atoms with van der Waals surface area (Å²) < 4.78 is 18.0. The summed E-state index contributed by atoms with van der Waals surface area (Å²) in [6.07, 6.45) is 1.97. The van der Waals surface area contributed by atoms with Crippen molar-refractivity contribution < 1.29 is 34.0 Å². The van der Waals surface area contributed by atoms with Gasteiger partial charge in [-0.3, -0.25) is 4.79 Å². The van der Waals surface area contributed by atoms with Crippen molar-refractivity contribution in [3.05, 3.63) is 94.0 Å². The fraction of sp³-hybridized carbons (Fsp3) is 0.300. The molecule has 1 aliphatic rings. The summed E-state index contributed by atoms with van der Waals surface area (Å²) in [5.74, 6) is 3.89. The average molecular weight is 582 g/mol. The van der Waals surface area contributed by atoms with Crippen molar-refractivity contribution in [2.75, 3.05) is 6.61 Å². The van der Waals surface area contributed by atoms with Crippen molar-refractivity contribution in [3.8, 4) is 11.5 Å². The highest BCUT2D eigenvalue weighted by molar-refractivity contribution is 7.80. The smallest absolute Gasteiger partial charge is 0.335 e. The third-order valence-corrected chi connectivity index (χ3v) is 6.56. The molecule has 10 nitrogen and oxygen atoms in total. The maximum atomic E-state index is 11.6. The summed E-state index contributed by atoms with van der Waals surface area (Å²) >= 11 is 4.24. The Bertz CT molecular complexity index is 1360. The molecule has 1 saturated heterocycles. The molecule has 0 amide bonds. The van der Waals surface area contributed by atoms with Gasteiger partial charge in [0.1, 0.15) is 24.2 Å². The largest absolute Gasteiger partial charge is 0.507 e. The van der Waals surface area contributed by atoms with E-state index in [1.165, 1.54) is 6.92 Å². The molecule has 0 spiro atoms. The fourth-order valence-electron chi connectivity index (χ4n) is 4.23. The average Bonchev–Trinajstić information content (AvgIpc) is 2.97. The number of carbonyl (C=O) groups is 2. The molecule has 4 rings (SSSR count). The predicted molar refractivity (Wildman–Crippen MR) is 158 cm³/mol. The highest BCUT2D eigenvalue weighted by atomic mass is 32.1. The van der Waals surface area contributed by atoms with E-state index in [1.54, 1.807) is 37.3 Å². The van der Waals surface area contributed by atoms with Gasteiger partial charge in [0.05, 0.1) is 11.1 Å². The number of ketones is 1. The van der Waals surface area contributed by atoms with E-state index in [0.29, 0.717) is 17.9 Å². The number of rotatable bonds is 9. The number of benzene rings is 3. The fourth-order valence-corrected chi connectivity index (χ4v) is 4.23. The highest BCUT2D eigenvalue weighted by Crippen LogP contribution is 2.33. The van der Waals surface area contributed by atoms with Crippen LogP contribution in [-0.2, 0) is 16.1 Å². The van der Waals surface area contributed by atoms with Crippen molar-refractivity contribution in [1.29, 1.82) is 0 Å². The Morgan fingerprint density at radius 3 is 2.41 bits per heavy atom. The van der Waals surface area contributed by atoms with Crippen molar-refractivity contribution in [1.82, 2.24) is 5.43 Å². The molecule has 2 unspecified atom stereocenters. The molecule has 2 atom stereocenters. The van der Waals surface area contributed by atoms with Gasteiger partial charge in [0.15, 0.2) is 17.2 Å². The third-order valence-electron chi connectivity index (χ3n) is 6.44. The monoisotopic (exact) mass is 581 g/mol. The first-order valence-electron chi connectivity index (χ1n) is 13.0. The van der Waals surface area contributed by atoms with Crippen LogP contribution in [-0.4, -0.2) is 40.0 Å². The Morgan fingerprint density at radius 2 is 1.83 bits per heavy atom. The molecule has 3 aromatic carbocycles. The van der Waals surface area contributed by atoms with Crippen molar-refractivity contribution >= 4 is 29.1 Å². The van der Waals surface area contributed by atoms with E-state index in [2.05, 4.69) is 18.1 Å². The van der Waals surface area contributed by atoms with E-state index in [4.69, 9.17) is 19.9 Å². The first-order valence-corrected chi connectivity index (χ1v) is 13.4. The quantitative estimate of drug-likeness (QED) is 0.104. The number of hydrazine groups is 1. The van der Waals surface area contributed by atoms with Gasteiger partial charge in [-0.2, -0.15) is 0 Å². The van der Waals surface area contributed by atoms with E-state index in [9.17, 15) is 19.8 Å². The van der Waals surface area contributed by atoms with Crippen molar-refractivity contribution in [2.45, 2.75) is 52.1 Å². The number of phenols is 1. The minimum Gasteiger partial charge on any atom is -0.507 e. The van der Waals surface area contributed by atoms with Gasteiger partial charge in [-0.25, -0.2) is 10.6 Å². The van der Waals surface area contributed by atoms with Crippen LogP contribution in [0.2, 0.25) is 0 Å². The van der Waals surface area contributed by atoms with Gasteiger partial charge < -0.3 is 35.6 Å². The van der Waals surface area contributed by atoms with Crippen LogP contribution in [0.3, 0.4) is 0 Å². The third kappa shape index (κ3) is 8.98. The summed E-state index contributed by atoms with van der Waals surface area (Å²) in [6.45, 7) is 4.03. The molecule has 218 valence electrons. The van der Waals surface area contributed by atoms with Crippen LogP contribution in [0, 0.1) is 6.92 Å². The number of phenolic OH excluding ortho intramolecular Hbond substituents is 1. The zero-order chi connectivity index (χ0) is 29.9. The van der Waals surface area contributed by atoms with Crippen LogP contribution in [0.4, 0.5) is 0 Å². The van der Waals surface area contributed by atoms with E-state index in [-0.39, 0.29) is 40.7 Å². The molecule has 3 aromatic rings. The highest BCUT2D eigenvalue weighted by Gasteiger charge is 2.23. The molecule has 0 saturated carbocycles. The molecule has 1 aliphatic heterocycles. The molecule has 0 radical (unpaired) electrons. The maximum absolute atomic E-state index is 11.6. The van der Waals surface area contributed by atoms with E-state index in [1.807, 2.05) is 35.8 Å². The summed E-state index contributed by atoms with van der Waals surface area (Å²) in [4.78, 5) is 23.1. The second-order valence-electron chi connectivity index (χ2n) is 9.42. The number of thiocarbonyl (C=S) groups is 1. The standard InChI is InChI=1S/C29H30O7.CH5N3S/c1-18-25(14-13-24(19(2)30)27(18)31)35-17-20-9-11-21(12-10-20)28(36-26-8-3-4-15-34-26)22-6-5-7-23(16-22)29(32)33;2-1(5)4-3/h5-7,9-14,16,26,28,31H,3-4,8,15,17H2,1-2H3,(H,32,33);3H2,(H3,2,4,5). The second-order valence-corrected chi connectivity index (χ2v) is 9.86. The number of hydrogen-bond acceptors (Lipinski definition) is 8. The van der Waals surface area contributed by atoms with Crippen LogP contribution in [0.15, 0.2) is 60.7 Å². The van der Waals surface area contributed by atoms with Crippen molar-refractivity contribution in [2.24, 2.45) is 11.6 Å². The van der Waals surface area contributed by atoms with Gasteiger partial charge in [-0.1, -0.05) is 36.4 Å². The summed E-state index contributed by atoms with van der Waals surface area (Å²) in [6, 6.07) is 17.7. The number of carboxylic acid groups (broad SMARTS) is 1. The number of carboxylic acids is 1. The van der Waals surface area contributed by atoms with Gasteiger partial charge in [0, 0.05) is 12.2 Å². The number of Topliss-reactive ketones (excluding diaryl/α,β-unsaturated/α-hetero) is 1. The zero-order valence-electron chi connectivity index (χ0n) is 23.0. The Morgan fingerprint density at radius 1 is 1.12 bits per heavy atom. The van der Waals surface area contributed by atoms with Crippen LogP contribution in [0.25, 0.3) is 0 Å². The molecule has 1 heterocycles. The summed E-state index contributed by atoms with van der Waals surface area (Å²) in [5, 5.41) is 19.8. The molecule has 0 aromatic heterocycles. The van der Waals surface area contributed by atoms with Gasteiger partial charge >= 0.3 is 5.97 Å². The number of nitrogens with two attached hydrogens (primary N) is 2. The lowest BCUT2D eigenvalue weighted by molar-refractivity contribution is -0.181. The van der Waals surface area contributed by atoms with Gasteiger partial charge in [-0.15, -0.1) is 0 Å². The lowest BCUT2D eigenvalue weighted by Crippen LogP contribution is -2.34. The summed E-state index contributed by atoms with van der Waals surface area (Å²) in [7, 11) is 0. The maximum Gasteiger partial charge on any atom is 0.335 e. The number of ether oxygens (including phenoxy) is 3. The molecule has 7 N–H and O–H groups in total. The molecule has 41 heavy (non-hydrogen) atoms. The van der Waals surface area contributed by atoms with E-state index < -0.39 is 12.1 Å². The Kier molecular flexibility index (Phi) is 11.6. The van der Waals surface area contributed by atoms with E-state index in [0.717, 1.165) is 36.0 Å². The second kappa shape index (κ2) is 15.1. The van der Waals surface area contributed by atoms with Gasteiger partial charge in [-0.05, 0) is 86.3 Å². The van der Waals surface area contributed by atoms with Gasteiger partial charge in [0.2, 0.25) is 0 Å². The lowest BCUT2D eigenvalue weighted by Gasteiger charge is -2.28. The number of carbonyl (C=O) groups excluding carboxylic acids is 1. The summed E-state index contributed by atoms with van der Waals surface area (Å²) in [5.41, 5.74) is 10.3. The Labute approximate surface area is 244 Å². The molecular formula is C30H35N3O7S. The normalized spacial score (nSPS) is 15.1. The molecule has 1 fully saturated rings. The van der Waals surface area contributed by atoms with Gasteiger partial charge in [0.25, 0.3) is 0 Å². The lowest BCUT2D eigenvalue weighted by atomic mass is 9.98. The molecule has 0 aliphatic carbocycles. The van der Waals surface area contributed by atoms with Crippen LogP contribution in [0.1, 0.15) is 75.3 Å².